The van der Waals surface area contributed by atoms with Gasteiger partial charge in [-0.05, 0) is 31.2 Å². The lowest BCUT2D eigenvalue weighted by atomic mass is 9.94. The maximum absolute atomic E-state index is 12.3. The van der Waals surface area contributed by atoms with Crippen LogP contribution in [0, 0.1) is 0 Å². The van der Waals surface area contributed by atoms with Crippen LogP contribution in [0.3, 0.4) is 0 Å². The molecule has 1 saturated carbocycles. The first kappa shape index (κ1) is 14.3. The molecule has 19 heavy (non-hydrogen) atoms. The highest BCUT2D eigenvalue weighted by molar-refractivity contribution is 7.99. The highest BCUT2D eigenvalue weighted by Crippen LogP contribution is 2.27. The molecule has 1 amide bonds. The predicted molar refractivity (Wildman–Crippen MR) is 79.2 cm³/mol. The maximum Gasteiger partial charge on any atom is 0.251 e. The van der Waals surface area contributed by atoms with E-state index in [2.05, 4.69) is 16.6 Å². The summed E-state index contributed by atoms with van der Waals surface area (Å²) in [6.45, 7) is 0.359. The monoisotopic (exact) mass is 279 g/mol. The first-order valence-electron chi connectivity index (χ1n) is 6.73. The first-order chi connectivity index (χ1) is 9.24. The summed E-state index contributed by atoms with van der Waals surface area (Å²) >= 11 is 1.85. The van der Waals surface area contributed by atoms with Gasteiger partial charge in [-0.2, -0.15) is 11.8 Å². The number of hydrogen-bond donors (Lipinski definition) is 2. The van der Waals surface area contributed by atoms with Crippen molar-refractivity contribution in [1.29, 1.82) is 0 Å². The summed E-state index contributed by atoms with van der Waals surface area (Å²) in [5.41, 5.74) is 6.95. The number of pyridine rings is 1. The minimum Gasteiger partial charge on any atom is -0.348 e. The molecule has 2 atom stereocenters. The van der Waals surface area contributed by atoms with Crippen molar-refractivity contribution >= 4 is 17.7 Å². The Kier molecular flexibility index (Phi) is 5.22. The third-order valence-corrected chi connectivity index (χ3v) is 4.78. The molecule has 0 spiro atoms. The Morgan fingerprint density at radius 1 is 1.53 bits per heavy atom. The zero-order chi connectivity index (χ0) is 13.7. The van der Waals surface area contributed by atoms with Gasteiger partial charge in [-0.15, -0.1) is 0 Å². The lowest BCUT2D eigenvalue weighted by Crippen LogP contribution is -2.43. The van der Waals surface area contributed by atoms with Crippen LogP contribution in [-0.2, 0) is 6.54 Å². The van der Waals surface area contributed by atoms with Crippen LogP contribution >= 0.6 is 11.8 Å². The molecule has 1 heterocycles. The molecule has 1 aliphatic rings. The summed E-state index contributed by atoms with van der Waals surface area (Å²) in [7, 11) is 0. The van der Waals surface area contributed by atoms with E-state index < -0.39 is 0 Å². The molecule has 0 radical (unpaired) electrons. The summed E-state index contributed by atoms with van der Waals surface area (Å²) in [6, 6.07) is 3.79. The Bertz CT molecular complexity index is 438. The van der Waals surface area contributed by atoms with Gasteiger partial charge in [0.1, 0.15) is 0 Å². The van der Waals surface area contributed by atoms with Gasteiger partial charge in [0.05, 0.1) is 5.69 Å². The summed E-state index contributed by atoms with van der Waals surface area (Å²) in [6.07, 6.45) is 8.50. The van der Waals surface area contributed by atoms with E-state index in [-0.39, 0.29) is 11.9 Å². The highest BCUT2D eigenvalue weighted by Gasteiger charge is 2.25. The van der Waals surface area contributed by atoms with Crippen LogP contribution in [0.25, 0.3) is 0 Å². The number of aromatic nitrogens is 1. The number of nitrogens with zero attached hydrogens (tertiary/aromatic N) is 1. The lowest BCUT2D eigenvalue weighted by Gasteiger charge is -2.30. The van der Waals surface area contributed by atoms with Crippen LogP contribution in [0.1, 0.15) is 41.7 Å². The summed E-state index contributed by atoms with van der Waals surface area (Å²) in [5.74, 6) is -0.0111. The molecular formula is C14H21N3OS. The van der Waals surface area contributed by atoms with Crippen molar-refractivity contribution in [2.45, 2.75) is 43.5 Å². The van der Waals surface area contributed by atoms with E-state index in [9.17, 15) is 4.79 Å². The number of carbonyl (C=O) groups excluding carboxylic acids is 1. The second-order valence-electron chi connectivity index (χ2n) is 4.88. The minimum atomic E-state index is -0.0111. The Morgan fingerprint density at radius 2 is 2.32 bits per heavy atom. The fourth-order valence-electron chi connectivity index (χ4n) is 2.53. The third kappa shape index (κ3) is 3.70. The minimum absolute atomic E-state index is 0.0111. The molecular weight excluding hydrogens is 258 g/mol. The maximum atomic E-state index is 12.3. The second-order valence-corrected chi connectivity index (χ2v) is 5.96. The molecule has 1 aromatic heterocycles. The molecule has 1 aliphatic carbocycles. The topological polar surface area (TPSA) is 68.0 Å². The average Bonchev–Trinajstić information content (AvgIpc) is 2.47. The van der Waals surface area contributed by atoms with E-state index in [0.29, 0.717) is 17.4 Å². The fraction of sp³-hybridized carbons (Fsp3) is 0.571. The van der Waals surface area contributed by atoms with E-state index >= 15 is 0 Å². The molecule has 5 heteroatoms. The van der Waals surface area contributed by atoms with Gasteiger partial charge in [0.25, 0.3) is 5.91 Å². The van der Waals surface area contributed by atoms with E-state index in [0.717, 1.165) is 12.1 Å². The molecule has 3 N–H and O–H groups in total. The summed E-state index contributed by atoms with van der Waals surface area (Å²) in [5, 5.41) is 3.69. The smallest absolute Gasteiger partial charge is 0.251 e. The van der Waals surface area contributed by atoms with Gasteiger partial charge >= 0.3 is 0 Å². The van der Waals surface area contributed by atoms with E-state index in [1.165, 1.54) is 19.3 Å². The quantitative estimate of drug-likeness (QED) is 0.884. The van der Waals surface area contributed by atoms with Crippen LogP contribution in [0.15, 0.2) is 18.3 Å². The molecule has 1 aromatic rings. The number of rotatable bonds is 4. The van der Waals surface area contributed by atoms with Crippen molar-refractivity contribution in [3.8, 4) is 0 Å². The van der Waals surface area contributed by atoms with Crippen LogP contribution < -0.4 is 11.1 Å². The number of carbonyl (C=O) groups is 1. The summed E-state index contributed by atoms with van der Waals surface area (Å²) < 4.78 is 0. The lowest BCUT2D eigenvalue weighted by molar-refractivity contribution is 0.0929. The van der Waals surface area contributed by atoms with Gasteiger partial charge < -0.3 is 11.1 Å². The Balaban J connectivity index is 2.02. The molecule has 2 unspecified atom stereocenters. The van der Waals surface area contributed by atoms with Crippen LogP contribution in [0.4, 0.5) is 0 Å². The third-order valence-electron chi connectivity index (χ3n) is 3.61. The SMILES string of the molecule is CSC1CCCCC1NC(=O)c1ccnc(CN)c1. The van der Waals surface area contributed by atoms with Crippen LogP contribution in [0.2, 0.25) is 0 Å². The van der Waals surface area contributed by atoms with Gasteiger partial charge in [-0.1, -0.05) is 12.8 Å². The largest absolute Gasteiger partial charge is 0.348 e. The van der Waals surface area contributed by atoms with Gasteiger partial charge in [0, 0.05) is 29.6 Å². The highest BCUT2D eigenvalue weighted by atomic mass is 32.2. The van der Waals surface area contributed by atoms with Crippen molar-refractivity contribution in [3.63, 3.8) is 0 Å². The zero-order valence-corrected chi connectivity index (χ0v) is 12.1. The fourth-order valence-corrected chi connectivity index (χ4v) is 3.46. The standard InChI is InChI=1S/C14H21N3OS/c1-19-13-5-3-2-4-12(13)17-14(18)10-6-7-16-11(8-10)9-15/h6-8,12-13H,2-5,9,15H2,1H3,(H,17,18). The molecule has 2 rings (SSSR count). The molecule has 0 aliphatic heterocycles. The average molecular weight is 279 g/mol. The van der Waals surface area contributed by atoms with Gasteiger partial charge in [0.2, 0.25) is 0 Å². The van der Waals surface area contributed by atoms with Crippen molar-refractivity contribution in [3.05, 3.63) is 29.6 Å². The van der Waals surface area contributed by atoms with Crippen LogP contribution in [0.5, 0.6) is 0 Å². The normalized spacial score (nSPS) is 23.1. The second kappa shape index (κ2) is 6.91. The molecule has 1 fully saturated rings. The van der Waals surface area contributed by atoms with Crippen molar-refractivity contribution in [2.75, 3.05) is 6.26 Å². The Labute approximate surface area is 118 Å². The molecule has 4 nitrogen and oxygen atoms in total. The Morgan fingerprint density at radius 3 is 3.05 bits per heavy atom. The van der Waals surface area contributed by atoms with Gasteiger partial charge in [-0.25, -0.2) is 0 Å². The number of amides is 1. The summed E-state index contributed by atoms with van der Waals surface area (Å²) in [4.78, 5) is 16.4. The van der Waals surface area contributed by atoms with Crippen molar-refractivity contribution < 1.29 is 4.79 Å². The predicted octanol–water partition coefficient (Wildman–Crippen LogP) is 1.94. The van der Waals surface area contributed by atoms with Gasteiger partial charge in [0.15, 0.2) is 0 Å². The number of nitrogens with two attached hydrogens (primary N) is 1. The van der Waals surface area contributed by atoms with E-state index in [1.54, 1.807) is 18.3 Å². The first-order valence-corrected chi connectivity index (χ1v) is 8.02. The molecule has 0 aromatic carbocycles. The van der Waals surface area contributed by atoms with Crippen molar-refractivity contribution in [1.82, 2.24) is 10.3 Å². The van der Waals surface area contributed by atoms with Gasteiger partial charge in [-0.3, -0.25) is 9.78 Å². The van der Waals surface area contributed by atoms with Crippen molar-refractivity contribution in [2.24, 2.45) is 5.73 Å². The number of hydrogen-bond acceptors (Lipinski definition) is 4. The number of nitrogens with one attached hydrogen (secondary N) is 1. The van der Waals surface area contributed by atoms with Crippen LogP contribution in [-0.4, -0.2) is 28.4 Å². The zero-order valence-electron chi connectivity index (χ0n) is 11.3. The molecule has 0 bridgehead atoms. The Hall–Kier alpha value is -1.07. The van der Waals surface area contributed by atoms with E-state index in [4.69, 9.17) is 5.73 Å². The number of thioether (sulfide) groups is 1. The molecule has 104 valence electrons. The van der Waals surface area contributed by atoms with E-state index in [1.807, 2.05) is 11.8 Å². The molecule has 0 saturated heterocycles.